The predicted octanol–water partition coefficient (Wildman–Crippen LogP) is 3.04. The second kappa shape index (κ2) is 3.46. The van der Waals surface area contributed by atoms with Crippen molar-refractivity contribution in [3.8, 4) is 0 Å². The third-order valence-corrected chi connectivity index (χ3v) is 2.94. The summed E-state index contributed by atoms with van der Waals surface area (Å²) in [5, 5.41) is 8.49. The molecular weight excluding hydrogens is 198 g/mol. The van der Waals surface area contributed by atoms with E-state index >= 15 is 0 Å². The highest BCUT2D eigenvalue weighted by molar-refractivity contribution is 6.33. The number of hydrogen-bond acceptors (Lipinski definition) is 2. The van der Waals surface area contributed by atoms with E-state index in [1.165, 1.54) is 12.8 Å². The molecule has 3 nitrogen and oxygen atoms in total. The van der Waals surface area contributed by atoms with Crippen LogP contribution >= 0.6 is 11.6 Å². The molecule has 0 aliphatic heterocycles. The molecule has 1 aromatic heterocycles. The van der Waals surface area contributed by atoms with Gasteiger partial charge in [-0.2, -0.15) is 5.10 Å². The summed E-state index contributed by atoms with van der Waals surface area (Å²) in [4.78, 5) is 0. The maximum absolute atomic E-state index is 6.26. The first-order valence-electron chi connectivity index (χ1n) is 5.10. The normalized spacial score (nSPS) is 16.4. The summed E-state index contributed by atoms with van der Waals surface area (Å²) >= 11 is 6.26. The minimum Gasteiger partial charge on any atom is -0.372 e. The van der Waals surface area contributed by atoms with Gasteiger partial charge in [0.05, 0.1) is 5.69 Å². The van der Waals surface area contributed by atoms with Crippen LogP contribution in [-0.2, 0) is 0 Å². The van der Waals surface area contributed by atoms with E-state index in [4.69, 9.17) is 11.6 Å². The SMILES string of the molecule is CNc1c(Cl)c(C2CC2)nn1C(C)C. The molecule has 0 spiro atoms. The van der Waals surface area contributed by atoms with E-state index in [-0.39, 0.29) is 0 Å². The lowest BCUT2D eigenvalue weighted by Crippen LogP contribution is -2.07. The van der Waals surface area contributed by atoms with Gasteiger partial charge in [0.15, 0.2) is 0 Å². The standard InChI is InChI=1S/C10H16ClN3/c1-6(2)14-10(12-3)8(11)9(13-14)7-4-5-7/h6-7,12H,4-5H2,1-3H3. The van der Waals surface area contributed by atoms with Crippen molar-refractivity contribution in [2.24, 2.45) is 0 Å². The van der Waals surface area contributed by atoms with Gasteiger partial charge in [-0.05, 0) is 26.7 Å². The summed E-state index contributed by atoms with van der Waals surface area (Å²) in [6.45, 7) is 4.22. The van der Waals surface area contributed by atoms with Crippen molar-refractivity contribution < 1.29 is 0 Å². The van der Waals surface area contributed by atoms with Crippen molar-refractivity contribution in [1.82, 2.24) is 9.78 Å². The molecule has 0 amide bonds. The highest BCUT2D eigenvalue weighted by Gasteiger charge is 2.31. The Kier molecular flexibility index (Phi) is 2.43. The molecule has 0 unspecified atom stereocenters. The summed E-state index contributed by atoms with van der Waals surface area (Å²) < 4.78 is 1.97. The van der Waals surface area contributed by atoms with Crippen molar-refractivity contribution in [3.05, 3.63) is 10.7 Å². The van der Waals surface area contributed by atoms with Crippen molar-refractivity contribution in [2.45, 2.75) is 38.6 Å². The second-order valence-corrected chi connectivity index (χ2v) is 4.49. The highest BCUT2D eigenvalue weighted by atomic mass is 35.5. The van der Waals surface area contributed by atoms with E-state index in [1.807, 2.05) is 11.7 Å². The van der Waals surface area contributed by atoms with Gasteiger partial charge in [0.1, 0.15) is 10.8 Å². The Morgan fingerprint density at radius 2 is 2.14 bits per heavy atom. The molecule has 1 heterocycles. The molecule has 1 aliphatic rings. The van der Waals surface area contributed by atoms with E-state index in [0.717, 1.165) is 16.5 Å². The topological polar surface area (TPSA) is 29.9 Å². The molecule has 1 fully saturated rings. The van der Waals surface area contributed by atoms with Crippen molar-refractivity contribution in [1.29, 1.82) is 0 Å². The second-order valence-electron chi connectivity index (χ2n) is 4.11. The number of halogens is 1. The molecule has 1 aliphatic carbocycles. The van der Waals surface area contributed by atoms with E-state index in [2.05, 4.69) is 24.3 Å². The van der Waals surface area contributed by atoms with Crippen LogP contribution in [0.1, 0.15) is 44.3 Å². The molecule has 1 saturated carbocycles. The van der Waals surface area contributed by atoms with Gasteiger partial charge in [0, 0.05) is 19.0 Å². The number of hydrogen-bond donors (Lipinski definition) is 1. The average Bonchev–Trinajstić information content (AvgIpc) is 2.90. The third-order valence-electron chi connectivity index (χ3n) is 2.57. The zero-order valence-electron chi connectivity index (χ0n) is 8.84. The van der Waals surface area contributed by atoms with Crippen LogP contribution in [0.4, 0.5) is 5.82 Å². The molecule has 2 rings (SSSR count). The zero-order chi connectivity index (χ0) is 10.3. The van der Waals surface area contributed by atoms with Crippen molar-refractivity contribution in [3.63, 3.8) is 0 Å². The quantitative estimate of drug-likeness (QED) is 0.837. The number of rotatable bonds is 3. The van der Waals surface area contributed by atoms with Gasteiger partial charge < -0.3 is 5.32 Å². The lowest BCUT2D eigenvalue weighted by Gasteiger charge is -2.09. The molecule has 0 saturated heterocycles. The fourth-order valence-electron chi connectivity index (χ4n) is 1.65. The Bertz CT molecular complexity index is 339. The summed E-state index contributed by atoms with van der Waals surface area (Å²) in [7, 11) is 1.89. The zero-order valence-corrected chi connectivity index (χ0v) is 9.60. The van der Waals surface area contributed by atoms with Crippen LogP contribution in [0.15, 0.2) is 0 Å². The molecule has 14 heavy (non-hydrogen) atoms. The molecule has 1 aromatic rings. The van der Waals surface area contributed by atoms with Crippen LogP contribution in [0.5, 0.6) is 0 Å². The largest absolute Gasteiger partial charge is 0.372 e. The number of nitrogens with one attached hydrogen (secondary N) is 1. The maximum atomic E-state index is 6.26. The smallest absolute Gasteiger partial charge is 0.143 e. The lowest BCUT2D eigenvalue weighted by atomic mass is 10.3. The molecular formula is C10H16ClN3. The van der Waals surface area contributed by atoms with E-state index in [0.29, 0.717) is 12.0 Å². The van der Waals surface area contributed by atoms with Gasteiger partial charge in [-0.25, -0.2) is 4.68 Å². The monoisotopic (exact) mass is 213 g/mol. The van der Waals surface area contributed by atoms with Gasteiger partial charge >= 0.3 is 0 Å². The first-order chi connectivity index (χ1) is 6.65. The lowest BCUT2D eigenvalue weighted by molar-refractivity contribution is 0.533. The van der Waals surface area contributed by atoms with Crippen molar-refractivity contribution >= 4 is 17.4 Å². The molecule has 4 heteroatoms. The van der Waals surface area contributed by atoms with Crippen LogP contribution in [0.2, 0.25) is 5.02 Å². The third kappa shape index (κ3) is 1.50. The average molecular weight is 214 g/mol. The van der Waals surface area contributed by atoms with E-state index in [1.54, 1.807) is 0 Å². The Hall–Kier alpha value is -0.700. The van der Waals surface area contributed by atoms with Crippen LogP contribution < -0.4 is 5.32 Å². The first kappa shape index (κ1) is 9.84. The van der Waals surface area contributed by atoms with Crippen LogP contribution in [0.3, 0.4) is 0 Å². The number of nitrogens with zero attached hydrogens (tertiary/aromatic N) is 2. The molecule has 0 aromatic carbocycles. The minimum atomic E-state index is 0.349. The van der Waals surface area contributed by atoms with Gasteiger partial charge in [0.2, 0.25) is 0 Å². The number of anilines is 1. The van der Waals surface area contributed by atoms with Gasteiger partial charge in [-0.3, -0.25) is 0 Å². The molecule has 0 bridgehead atoms. The Labute approximate surface area is 89.4 Å². The van der Waals surface area contributed by atoms with Gasteiger partial charge in [-0.15, -0.1) is 0 Å². The van der Waals surface area contributed by atoms with Crippen LogP contribution in [0, 0.1) is 0 Å². The predicted molar refractivity (Wildman–Crippen MR) is 59.1 cm³/mol. The van der Waals surface area contributed by atoms with Gasteiger partial charge in [0.25, 0.3) is 0 Å². The molecule has 0 radical (unpaired) electrons. The maximum Gasteiger partial charge on any atom is 0.143 e. The fraction of sp³-hybridized carbons (Fsp3) is 0.700. The Balaban J connectivity index is 2.43. The summed E-state index contributed by atoms with van der Waals surface area (Å²) in [5.41, 5.74) is 1.07. The summed E-state index contributed by atoms with van der Waals surface area (Å²) in [6.07, 6.45) is 2.47. The Morgan fingerprint density at radius 1 is 1.50 bits per heavy atom. The number of aromatic nitrogens is 2. The molecule has 0 atom stereocenters. The summed E-state index contributed by atoms with van der Waals surface area (Å²) in [6, 6.07) is 0.349. The summed E-state index contributed by atoms with van der Waals surface area (Å²) in [5.74, 6) is 1.55. The van der Waals surface area contributed by atoms with Crippen LogP contribution in [0.25, 0.3) is 0 Å². The Morgan fingerprint density at radius 3 is 2.50 bits per heavy atom. The van der Waals surface area contributed by atoms with E-state index < -0.39 is 0 Å². The molecule has 78 valence electrons. The highest BCUT2D eigenvalue weighted by Crippen LogP contribution is 2.45. The van der Waals surface area contributed by atoms with Crippen LogP contribution in [-0.4, -0.2) is 16.8 Å². The van der Waals surface area contributed by atoms with Gasteiger partial charge in [-0.1, -0.05) is 11.6 Å². The van der Waals surface area contributed by atoms with Crippen molar-refractivity contribution in [2.75, 3.05) is 12.4 Å². The first-order valence-corrected chi connectivity index (χ1v) is 5.48. The minimum absolute atomic E-state index is 0.349. The fourth-order valence-corrected chi connectivity index (χ4v) is 2.02. The van der Waals surface area contributed by atoms with E-state index in [9.17, 15) is 0 Å². The molecule has 1 N–H and O–H groups in total.